The predicted molar refractivity (Wildman–Crippen MR) is 212 cm³/mol. The molecule has 48 heavy (non-hydrogen) atoms. The number of rotatable bonds is 7. The van der Waals surface area contributed by atoms with Crippen LogP contribution in [0.1, 0.15) is 0 Å². The molecule has 0 fully saturated rings. The number of fused-ring (bicyclic) bond motifs is 2. The summed E-state index contributed by atoms with van der Waals surface area (Å²) in [7, 11) is 2.15. The molecule has 0 aliphatic rings. The quantitative estimate of drug-likeness (QED) is 0.155. The fourth-order valence-electron chi connectivity index (χ4n) is 6.65. The molecule has 0 unspecified atom stereocenters. The fraction of sp³-hybridized carbons (Fsp3) is 0. The molecule has 8 aromatic rings. The first-order chi connectivity index (χ1) is 23.6. The van der Waals surface area contributed by atoms with E-state index >= 15 is 0 Å². The topological polar surface area (TPSA) is 6.48 Å². The normalized spacial score (nSPS) is 11.1. The molecule has 0 heterocycles. The Bertz CT molecular complexity index is 2200. The average molecular weight is 679 g/mol. The highest BCUT2D eigenvalue weighted by Gasteiger charge is 2.17. The van der Waals surface area contributed by atoms with Crippen molar-refractivity contribution in [1.29, 1.82) is 0 Å². The van der Waals surface area contributed by atoms with E-state index in [1.807, 2.05) is 0 Å². The lowest BCUT2D eigenvalue weighted by Gasteiger charge is -2.28. The molecular formula is C44H32BBrN2. The lowest BCUT2D eigenvalue weighted by atomic mass is 9.95. The molecule has 4 heteroatoms. The zero-order valence-corrected chi connectivity index (χ0v) is 28.2. The van der Waals surface area contributed by atoms with E-state index in [9.17, 15) is 0 Å². The Labute approximate surface area is 291 Å². The third kappa shape index (κ3) is 5.76. The maximum atomic E-state index is 3.70. The molecular weight excluding hydrogens is 647 g/mol. The van der Waals surface area contributed by atoms with Crippen LogP contribution in [0.15, 0.2) is 186 Å². The molecule has 0 amide bonds. The monoisotopic (exact) mass is 678 g/mol. The van der Waals surface area contributed by atoms with E-state index in [0.717, 1.165) is 38.6 Å². The van der Waals surface area contributed by atoms with Gasteiger partial charge in [0.2, 0.25) is 0 Å². The first kappa shape index (κ1) is 29.8. The second-order valence-corrected chi connectivity index (χ2v) is 13.0. The summed E-state index contributed by atoms with van der Waals surface area (Å²) in [6.07, 6.45) is 0. The van der Waals surface area contributed by atoms with Crippen molar-refractivity contribution in [3.8, 4) is 11.1 Å². The van der Waals surface area contributed by atoms with Crippen LogP contribution < -0.4 is 15.3 Å². The molecule has 0 N–H and O–H groups in total. The highest BCUT2D eigenvalue weighted by Crippen LogP contribution is 2.42. The maximum Gasteiger partial charge on any atom is 0.139 e. The second-order valence-electron chi connectivity index (χ2n) is 12.1. The van der Waals surface area contributed by atoms with Gasteiger partial charge in [-0.15, -0.1) is 0 Å². The summed E-state index contributed by atoms with van der Waals surface area (Å²) in [4.78, 5) is 4.70. The standard InChI is InChI=1S/C44H32BBrN2/c45-35-13-7-15-39(29-35)47(43-19-5-11-33-9-1-3-17-41(33)43)37-25-21-31(22-26-37)32-23-27-38(28-24-32)48(40-16-8-14-36(46)30-40)44-20-6-12-34-10-2-4-18-42(34)44/h1-30H,45H2. The van der Waals surface area contributed by atoms with Gasteiger partial charge < -0.3 is 9.80 Å². The molecule has 0 aromatic heterocycles. The third-order valence-corrected chi connectivity index (χ3v) is 9.42. The van der Waals surface area contributed by atoms with E-state index in [-0.39, 0.29) is 0 Å². The number of anilines is 6. The molecule has 0 saturated carbocycles. The summed E-state index contributed by atoms with van der Waals surface area (Å²) in [5, 5.41) is 4.88. The van der Waals surface area contributed by atoms with Gasteiger partial charge in [-0.25, -0.2) is 0 Å². The van der Waals surface area contributed by atoms with Gasteiger partial charge in [-0.05, 0) is 88.6 Å². The minimum absolute atomic E-state index is 1.05. The predicted octanol–water partition coefficient (Wildman–Crippen LogP) is 11.6. The zero-order valence-electron chi connectivity index (χ0n) is 26.6. The van der Waals surface area contributed by atoms with Crippen LogP contribution in [-0.4, -0.2) is 7.85 Å². The molecule has 0 radical (unpaired) electrons. The molecule has 228 valence electrons. The Kier molecular flexibility index (Phi) is 8.01. The molecule has 0 bridgehead atoms. The number of hydrogen-bond acceptors (Lipinski definition) is 2. The van der Waals surface area contributed by atoms with Gasteiger partial charge >= 0.3 is 0 Å². The van der Waals surface area contributed by atoms with Gasteiger partial charge in [-0.1, -0.05) is 137 Å². The van der Waals surface area contributed by atoms with E-state index < -0.39 is 0 Å². The first-order valence-corrected chi connectivity index (χ1v) is 17.0. The van der Waals surface area contributed by atoms with E-state index in [4.69, 9.17) is 0 Å². The molecule has 0 aliphatic heterocycles. The van der Waals surface area contributed by atoms with E-state index in [1.165, 1.54) is 38.1 Å². The highest BCUT2D eigenvalue weighted by atomic mass is 79.9. The molecule has 0 atom stereocenters. The number of benzene rings is 8. The number of nitrogens with zero attached hydrogens (tertiary/aromatic N) is 2. The molecule has 0 spiro atoms. The Hall–Kier alpha value is -5.58. The van der Waals surface area contributed by atoms with Crippen LogP contribution in [0.25, 0.3) is 32.7 Å². The lowest BCUT2D eigenvalue weighted by Crippen LogP contribution is -2.13. The molecule has 8 rings (SSSR count). The van der Waals surface area contributed by atoms with Crippen LogP contribution in [0.3, 0.4) is 0 Å². The summed E-state index contributed by atoms with van der Waals surface area (Å²) in [6, 6.07) is 65.3. The molecule has 0 aliphatic carbocycles. The van der Waals surface area contributed by atoms with Gasteiger partial charge in [0.05, 0.1) is 11.4 Å². The van der Waals surface area contributed by atoms with Gasteiger partial charge in [0.25, 0.3) is 0 Å². The van der Waals surface area contributed by atoms with Gasteiger partial charge in [0.15, 0.2) is 0 Å². The minimum atomic E-state index is 1.05. The van der Waals surface area contributed by atoms with Crippen molar-refractivity contribution in [2.45, 2.75) is 0 Å². The van der Waals surface area contributed by atoms with Crippen molar-refractivity contribution >= 4 is 84.9 Å². The van der Waals surface area contributed by atoms with Crippen LogP contribution in [-0.2, 0) is 0 Å². The zero-order chi connectivity index (χ0) is 32.5. The fourth-order valence-corrected chi connectivity index (χ4v) is 7.04. The average Bonchev–Trinajstić information content (AvgIpc) is 3.13. The van der Waals surface area contributed by atoms with Gasteiger partial charge in [0.1, 0.15) is 7.85 Å². The van der Waals surface area contributed by atoms with Crippen LogP contribution >= 0.6 is 15.9 Å². The summed E-state index contributed by atoms with van der Waals surface area (Å²) in [5.41, 5.74) is 10.4. The second kappa shape index (κ2) is 12.9. The Morgan fingerprint density at radius 1 is 0.375 bits per heavy atom. The van der Waals surface area contributed by atoms with Crippen molar-refractivity contribution in [2.24, 2.45) is 0 Å². The van der Waals surface area contributed by atoms with Crippen LogP contribution in [0.4, 0.5) is 34.1 Å². The number of hydrogen-bond donors (Lipinski definition) is 0. The summed E-state index contributed by atoms with van der Waals surface area (Å²) < 4.78 is 1.05. The van der Waals surface area contributed by atoms with Crippen molar-refractivity contribution in [1.82, 2.24) is 0 Å². The smallest absolute Gasteiger partial charge is 0.139 e. The van der Waals surface area contributed by atoms with Crippen LogP contribution in [0.5, 0.6) is 0 Å². The lowest BCUT2D eigenvalue weighted by molar-refractivity contribution is 1.29. The Morgan fingerprint density at radius 3 is 1.31 bits per heavy atom. The molecule has 8 aromatic carbocycles. The van der Waals surface area contributed by atoms with Gasteiger partial charge in [-0.2, -0.15) is 0 Å². The first-order valence-electron chi connectivity index (χ1n) is 16.2. The Morgan fingerprint density at radius 2 is 0.812 bits per heavy atom. The number of halogens is 1. The largest absolute Gasteiger partial charge is 0.310 e. The SMILES string of the molecule is Bc1cccc(N(c2ccc(-c3ccc(N(c4cccc(Br)c4)c4cccc5ccccc45)cc3)cc2)c2cccc3ccccc23)c1. The third-order valence-electron chi connectivity index (χ3n) is 8.93. The van der Waals surface area contributed by atoms with E-state index in [2.05, 4.69) is 216 Å². The highest BCUT2D eigenvalue weighted by molar-refractivity contribution is 9.10. The van der Waals surface area contributed by atoms with Crippen molar-refractivity contribution in [3.63, 3.8) is 0 Å². The van der Waals surface area contributed by atoms with Gasteiger partial charge in [0, 0.05) is 38.0 Å². The summed E-state index contributed by atoms with van der Waals surface area (Å²) in [6.45, 7) is 0. The Balaban J connectivity index is 1.17. The van der Waals surface area contributed by atoms with Crippen molar-refractivity contribution in [3.05, 3.63) is 186 Å². The van der Waals surface area contributed by atoms with Crippen LogP contribution in [0.2, 0.25) is 0 Å². The van der Waals surface area contributed by atoms with Crippen LogP contribution in [0, 0.1) is 0 Å². The minimum Gasteiger partial charge on any atom is -0.310 e. The summed E-state index contributed by atoms with van der Waals surface area (Å²) in [5.74, 6) is 0. The van der Waals surface area contributed by atoms with Crippen molar-refractivity contribution < 1.29 is 0 Å². The van der Waals surface area contributed by atoms with E-state index in [1.54, 1.807) is 0 Å². The molecule has 0 saturated heterocycles. The maximum absolute atomic E-state index is 3.70. The summed E-state index contributed by atoms with van der Waals surface area (Å²) >= 11 is 3.70. The van der Waals surface area contributed by atoms with Gasteiger partial charge in [-0.3, -0.25) is 0 Å². The molecule has 2 nitrogen and oxygen atoms in total. The van der Waals surface area contributed by atoms with Crippen molar-refractivity contribution in [2.75, 3.05) is 9.80 Å². The van der Waals surface area contributed by atoms with E-state index in [0.29, 0.717) is 0 Å².